The number of alkyl halides is 2. The summed E-state index contributed by atoms with van der Waals surface area (Å²) in [5, 5.41) is 10.9. The van der Waals surface area contributed by atoms with E-state index in [0.717, 1.165) is 4.90 Å². The number of carbonyl (C=O) groups is 4. The minimum absolute atomic E-state index is 0.0419. The van der Waals surface area contributed by atoms with Crippen molar-refractivity contribution in [1.29, 1.82) is 0 Å². The van der Waals surface area contributed by atoms with Crippen molar-refractivity contribution in [2.75, 3.05) is 16.9 Å². The van der Waals surface area contributed by atoms with Crippen molar-refractivity contribution in [2.45, 2.75) is 28.5 Å². The molecule has 0 unspecified atom stereocenters. The molecular formula is C33H19Cl3F5IN2O6. The maximum atomic E-state index is 15.2. The third kappa shape index (κ3) is 4.46. The summed E-state index contributed by atoms with van der Waals surface area (Å²) >= 11 is 22.1. The van der Waals surface area contributed by atoms with Crippen LogP contribution in [0.15, 0.2) is 48.0 Å². The molecule has 50 heavy (non-hydrogen) atoms. The lowest BCUT2D eigenvalue weighted by atomic mass is 9.56. The van der Waals surface area contributed by atoms with Crippen molar-refractivity contribution in [3.05, 3.63) is 91.3 Å². The maximum absolute atomic E-state index is 15.2. The number of phenolic OH excluding ortho intramolecular Hbond substituents is 1. The lowest BCUT2D eigenvalue weighted by Crippen LogP contribution is -2.60. The van der Waals surface area contributed by atoms with Crippen molar-refractivity contribution in [1.82, 2.24) is 0 Å². The molecule has 8 nitrogen and oxygen atoms in total. The summed E-state index contributed by atoms with van der Waals surface area (Å²) in [5.74, 6) is -22.0. The second kappa shape index (κ2) is 11.8. The van der Waals surface area contributed by atoms with Gasteiger partial charge < -0.3 is 9.84 Å². The predicted octanol–water partition coefficient (Wildman–Crippen LogP) is 7.12. The zero-order chi connectivity index (χ0) is 36.4. The number of hydrogen-bond acceptors (Lipinski definition) is 6. The van der Waals surface area contributed by atoms with E-state index in [1.165, 1.54) is 43.5 Å². The fourth-order valence-corrected chi connectivity index (χ4v) is 9.39. The molecule has 6 atom stereocenters. The van der Waals surface area contributed by atoms with Crippen molar-refractivity contribution < 1.29 is 51.0 Å². The van der Waals surface area contributed by atoms with Crippen LogP contribution in [0.4, 0.5) is 33.3 Å². The Morgan fingerprint density at radius 2 is 1.46 bits per heavy atom. The molecule has 2 saturated heterocycles. The van der Waals surface area contributed by atoms with Crippen molar-refractivity contribution >= 4 is 92.4 Å². The van der Waals surface area contributed by atoms with Gasteiger partial charge >= 0.3 is 0 Å². The highest BCUT2D eigenvalue weighted by atomic mass is 127. The second-order valence-corrected chi connectivity index (χ2v) is 15.1. The van der Waals surface area contributed by atoms with Crippen LogP contribution in [0.25, 0.3) is 0 Å². The monoisotopic (exact) mass is 866 g/mol. The number of phenols is 1. The zero-order valence-electron chi connectivity index (χ0n) is 25.0. The van der Waals surface area contributed by atoms with Gasteiger partial charge in [0, 0.05) is 10.9 Å². The first-order valence-corrected chi connectivity index (χ1v) is 16.9. The number of benzene rings is 3. The summed E-state index contributed by atoms with van der Waals surface area (Å²) in [6.07, 6.45) is 0.871. The Labute approximate surface area is 307 Å². The number of nitrogens with zero attached hydrogens (tertiary/aromatic N) is 2. The molecule has 0 bridgehead atoms. The molecule has 3 aromatic rings. The Bertz CT molecular complexity index is 2090. The molecule has 3 fully saturated rings. The van der Waals surface area contributed by atoms with Gasteiger partial charge in [-0.15, -0.1) is 23.2 Å². The first-order chi connectivity index (χ1) is 23.5. The van der Waals surface area contributed by atoms with Crippen LogP contribution >= 0.6 is 57.4 Å². The number of hydrogen-bond donors (Lipinski definition) is 1. The largest absolute Gasteiger partial charge is 0.504 e. The van der Waals surface area contributed by atoms with E-state index in [1.54, 1.807) is 28.7 Å². The van der Waals surface area contributed by atoms with Gasteiger partial charge in [0.25, 0.3) is 11.8 Å². The Hall–Kier alpha value is -3.47. The lowest BCUT2D eigenvalue weighted by molar-refractivity contribution is -0.125. The van der Waals surface area contributed by atoms with Crippen LogP contribution < -0.4 is 14.5 Å². The van der Waals surface area contributed by atoms with Crippen LogP contribution in [-0.4, -0.2) is 45.6 Å². The van der Waals surface area contributed by atoms with E-state index in [2.05, 4.69) is 0 Å². The molecule has 4 amide bonds. The van der Waals surface area contributed by atoms with Crippen LogP contribution in [0.3, 0.4) is 0 Å². The first-order valence-electron chi connectivity index (χ1n) is 14.7. The SMILES string of the molecule is COc1cc([C@H]2C3=CC[C@@H]4C(=O)N(c5ccc(Cl)cc5)C(=O)[C@@H]4[C@@H]3C[C@@]3(Cl)C(=O)N(c4c(F)c(F)c(F)c(F)c4F)C(=O)[C@@]23Cl)cc(I)c1O. The summed E-state index contributed by atoms with van der Waals surface area (Å²) in [7, 11) is 1.23. The molecule has 3 aromatic carbocycles. The van der Waals surface area contributed by atoms with E-state index < -0.39 is 98.2 Å². The van der Waals surface area contributed by atoms with Gasteiger partial charge in [-0.25, -0.2) is 26.9 Å². The zero-order valence-corrected chi connectivity index (χ0v) is 29.5. The summed E-state index contributed by atoms with van der Waals surface area (Å²) in [6, 6.07) is 8.54. The maximum Gasteiger partial charge on any atom is 0.258 e. The van der Waals surface area contributed by atoms with Crippen LogP contribution in [0.2, 0.25) is 5.02 Å². The highest BCUT2D eigenvalue weighted by Crippen LogP contribution is 2.66. The number of carbonyl (C=O) groups excluding carboxylic acids is 4. The van der Waals surface area contributed by atoms with Crippen LogP contribution in [0, 0.1) is 50.4 Å². The average Bonchev–Trinajstić information content (AvgIpc) is 3.42. The van der Waals surface area contributed by atoms with Gasteiger partial charge in [0.2, 0.25) is 17.6 Å². The highest BCUT2D eigenvalue weighted by Gasteiger charge is 2.77. The van der Waals surface area contributed by atoms with Crippen LogP contribution in [-0.2, 0) is 19.2 Å². The van der Waals surface area contributed by atoms with Gasteiger partial charge in [0.1, 0.15) is 5.69 Å². The standard InChI is InChI=1S/C33H19Cl3F5IN2O6/c1-50-18-9-11(8-17(42)27(18)45)20-14-6-7-15-19(29(47)43(28(15)46)13-4-2-12(34)3-5-13)16(14)10-32(35)30(48)44(31(49)33(20,32)36)26-24(40)22(38)21(37)23(39)25(26)41/h2-6,8-9,15-16,19-20,45H,7,10H2,1H3/t15-,16+,19-,20-,32+,33-/m0/s1. The molecule has 1 saturated carbocycles. The minimum atomic E-state index is -2.71. The number of anilines is 2. The fraction of sp³-hybridized carbons (Fsp3) is 0.273. The van der Waals surface area contributed by atoms with Gasteiger partial charge in [0.05, 0.1) is 28.2 Å². The second-order valence-electron chi connectivity index (χ2n) is 12.2. The fourth-order valence-electron chi connectivity index (χ4n) is 7.70. The number of fused-ring (bicyclic) bond motifs is 4. The molecule has 2 heterocycles. The summed E-state index contributed by atoms with van der Waals surface area (Å²) in [5.41, 5.74) is -1.33. The summed E-state index contributed by atoms with van der Waals surface area (Å²) in [4.78, 5) is 52.0. The molecule has 0 aromatic heterocycles. The highest BCUT2D eigenvalue weighted by molar-refractivity contribution is 14.1. The molecular weight excluding hydrogens is 849 g/mol. The van der Waals surface area contributed by atoms with E-state index in [9.17, 15) is 37.5 Å². The van der Waals surface area contributed by atoms with E-state index >= 15 is 8.78 Å². The summed E-state index contributed by atoms with van der Waals surface area (Å²) in [6.45, 7) is 0. The van der Waals surface area contributed by atoms with Crippen molar-refractivity contribution in [3.63, 3.8) is 0 Å². The molecule has 0 spiro atoms. The van der Waals surface area contributed by atoms with E-state index in [-0.39, 0.29) is 43.2 Å². The van der Waals surface area contributed by atoms with Crippen LogP contribution in [0.1, 0.15) is 24.3 Å². The number of halogens is 9. The Morgan fingerprint density at radius 1 is 0.860 bits per heavy atom. The third-order valence-corrected chi connectivity index (χ3v) is 12.4. The van der Waals surface area contributed by atoms with E-state index in [1.807, 2.05) is 0 Å². The molecule has 4 aliphatic rings. The quantitative estimate of drug-likeness (QED) is 0.0570. The van der Waals surface area contributed by atoms with E-state index in [0.29, 0.717) is 5.02 Å². The number of amides is 4. The normalized spacial score (nSPS) is 28.9. The number of allylic oxidation sites excluding steroid dienone is 2. The number of methoxy groups -OCH3 is 1. The minimum Gasteiger partial charge on any atom is -0.504 e. The van der Waals surface area contributed by atoms with Gasteiger partial charge in [-0.1, -0.05) is 23.3 Å². The lowest BCUT2D eigenvalue weighted by Gasteiger charge is -2.50. The Morgan fingerprint density at radius 3 is 2.06 bits per heavy atom. The smallest absolute Gasteiger partial charge is 0.258 e. The summed E-state index contributed by atoms with van der Waals surface area (Å²) < 4.78 is 78.9. The van der Waals surface area contributed by atoms with Gasteiger partial charge in [-0.3, -0.25) is 24.1 Å². The topological polar surface area (TPSA) is 104 Å². The van der Waals surface area contributed by atoms with Crippen molar-refractivity contribution in [3.8, 4) is 11.5 Å². The molecule has 7 rings (SSSR count). The predicted molar refractivity (Wildman–Crippen MR) is 178 cm³/mol. The number of aromatic hydroxyl groups is 1. The Kier molecular flexibility index (Phi) is 8.24. The molecule has 260 valence electrons. The Balaban J connectivity index is 1.45. The molecule has 1 N–H and O–H groups in total. The molecule has 0 radical (unpaired) electrons. The molecule has 2 aliphatic heterocycles. The number of imide groups is 2. The van der Waals surface area contributed by atoms with Crippen LogP contribution in [0.5, 0.6) is 11.5 Å². The molecule has 2 aliphatic carbocycles. The molecule has 17 heteroatoms. The number of ether oxygens (including phenoxy) is 1. The first kappa shape index (κ1) is 35.0. The van der Waals surface area contributed by atoms with E-state index in [4.69, 9.17) is 39.5 Å². The van der Waals surface area contributed by atoms with Crippen molar-refractivity contribution in [2.24, 2.45) is 17.8 Å². The van der Waals surface area contributed by atoms with Gasteiger partial charge in [0.15, 0.2) is 44.5 Å². The van der Waals surface area contributed by atoms with Gasteiger partial charge in [-0.05, 0) is 83.3 Å². The third-order valence-electron chi connectivity index (χ3n) is 9.91. The number of rotatable bonds is 4. The average molecular weight is 868 g/mol. The van der Waals surface area contributed by atoms with Gasteiger partial charge in [-0.2, -0.15) is 0 Å².